The van der Waals surface area contributed by atoms with Crippen LogP contribution in [-0.2, 0) is 4.74 Å². The lowest BCUT2D eigenvalue weighted by Gasteiger charge is -2.03. The summed E-state index contributed by atoms with van der Waals surface area (Å²) in [5.41, 5.74) is 4.76. The molecule has 2 aromatic rings. The molecule has 7 heteroatoms. The molecule has 1 N–H and O–H groups in total. The van der Waals surface area contributed by atoms with Crippen LogP contribution in [0.4, 0.5) is 5.00 Å². The topological polar surface area (TPSA) is 76.5 Å². The molecule has 0 amide bonds. The van der Waals surface area contributed by atoms with Crippen molar-refractivity contribution in [3.63, 3.8) is 0 Å². The lowest BCUT2D eigenvalue weighted by Crippen LogP contribution is -2.08. The summed E-state index contributed by atoms with van der Waals surface area (Å²) in [6.45, 7) is 3.91. The summed E-state index contributed by atoms with van der Waals surface area (Å²) in [5, 5.41) is 8.45. The van der Waals surface area contributed by atoms with Gasteiger partial charge in [0.05, 0.1) is 12.3 Å². The lowest BCUT2D eigenvalue weighted by atomic mass is 10.1. The first kappa shape index (κ1) is 14.1. The summed E-state index contributed by atoms with van der Waals surface area (Å²) in [6, 6.07) is 9.73. The van der Waals surface area contributed by atoms with Gasteiger partial charge in [0.2, 0.25) is 5.69 Å². The van der Waals surface area contributed by atoms with E-state index in [1.807, 2.05) is 37.3 Å². The van der Waals surface area contributed by atoms with Crippen LogP contribution in [0, 0.1) is 0 Å². The van der Waals surface area contributed by atoms with Gasteiger partial charge in [-0.05, 0) is 19.4 Å². The van der Waals surface area contributed by atoms with Gasteiger partial charge >= 0.3 is 5.97 Å². The van der Waals surface area contributed by atoms with Crippen LogP contribution < -0.4 is 5.43 Å². The predicted molar refractivity (Wildman–Crippen MR) is 78.1 cm³/mol. The van der Waals surface area contributed by atoms with E-state index in [0.717, 1.165) is 22.8 Å². The van der Waals surface area contributed by atoms with Crippen molar-refractivity contribution < 1.29 is 9.53 Å². The molecule has 2 rings (SSSR count). The SMILES string of the molecule is CCOC(=O)c1nnsc1NN=C(C)c1ccccc1. The van der Waals surface area contributed by atoms with E-state index < -0.39 is 5.97 Å². The number of nitrogens with one attached hydrogen (secondary N) is 1. The molecule has 1 aromatic carbocycles. The van der Waals surface area contributed by atoms with Gasteiger partial charge in [0.1, 0.15) is 0 Å². The van der Waals surface area contributed by atoms with Crippen LogP contribution >= 0.6 is 11.5 Å². The molecule has 0 saturated carbocycles. The first-order valence-corrected chi connectivity index (χ1v) is 6.85. The van der Waals surface area contributed by atoms with Crippen LogP contribution in [-0.4, -0.2) is 27.9 Å². The minimum absolute atomic E-state index is 0.154. The van der Waals surface area contributed by atoms with Gasteiger partial charge in [0, 0.05) is 11.5 Å². The maximum atomic E-state index is 11.6. The van der Waals surface area contributed by atoms with Crippen molar-refractivity contribution in [1.29, 1.82) is 0 Å². The van der Waals surface area contributed by atoms with Crippen molar-refractivity contribution >= 4 is 28.2 Å². The minimum atomic E-state index is -0.503. The van der Waals surface area contributed by atoms with Crippen LogP contribution in [0.1, 0.15) is 29.9 Å². The second kappa shape index (κ2) is 6.76. The Morgan fingerprint density at radius 3 is 2.85 bits per heavy atom. The Morgan fingerprint density at radius 1 is 1.40 bits per heavy atom. The number of nitrogens with zero attached hydrogens (tertiary/aromatic N) is 3. The Bertz CT molecular complexity index is 610. The minimum Gasteiger partial charge on any atom is -0.461 e. The van der Waals surface area contributed by atoms with E-state index >= 15 is 0 Å². The number of carbonyl (C=O) groups is 1. The summed E-state index contributed by atoms with van der Waals surface area (Å²) in [6.07, 6.45) is 0. The third-order valence-electron chi connectivity index (χ3n) is 2.47. The Labute approximate surface area is 120 Å². The van der Waals surface area contributed by atoms with Crippen molar-refractivity contribution in [1.82, 2.24) is 9.59 Å². The Kier molecular flexibility index (Phi) is 4.78. The summed E-state index contributed by atoms with van der Waals surface area (Å²) in [5.74, 6) is -0.503. The summed E-state index contributed by atoms with van der Waals surface area (Å²) < 4.78 is 8.63. The second-order valence-electron chi connectivity index (χ2n) is 3.85. The van der Waals surface area contributed by atoms with E-state index in [9.17, 15) is 4.79 Å². The quantitative estimate of drug-likeness (QED) is 0.520. The summed E-state index contributed by atoms with van der Waals surface area (Å²) in [7, 11) is 0. The molecule has 0 aliphatic carbocycles. The average molecular weight is 290 g/mol. The molecule has 104 valence electrons. The van der Waals surface area contributed by atoms with Gasteiger partial charge in [0.25, 0.3) is 0 Å². The van der Waals surface area contributed by atoms with E-state index in [0.29, 0.717) is 11.6 Å². The molecule has 0 bridgehead atoms. The number of carbonyl (C=O) groups excluding carboxylic acids is 1. The summed E-state index contributed by atoms with van der Waals surface area (Å²) >= 11 is 1.06. The molecule has 0 spiro atoms. The smallest absolute Gasteiger partial charge is 0.362 e. The fourth-order valence-electron chi connectivity index (χ4n) is 1.48. The highest BCUT2D eigenvalue weighted by atomic mass is 32.1. The van der Waals surface area contributed by atoms with Crippen molar-refractivity contribution in [3.05, 3.63) is 41.6 Å². The van der Waals surface area contributed by atoms with Gasteiger partial charge in [-0.2, -0.15) is 5.10 Å². The molecule has 1 heterocycles. The van der Waals surface area contributed by atoms with E-state index in [1.54, 1.807) is 6.92 Å². The number of rotatable bonds is 5. The molecular weight excluding hydrogens is 276 g/mol. The number of anilines is 1. The van der Waals surface area contributed by atoms with Gasteiger partial charge in [-0.3, -0.25) is 5.43 Å². The highest BCUT2D eigenvalue weighted by molar-refractivity contribution is 7.10. The fourth-order valence-corrected chi connectivity index (χ4v) is 1.98. The number of hydrazone groups is 1. The standard InChI is InChI=1S/C13H14N4O2S/c1-3-19-13(18)11-12(20-17-15-11)16-14-9(2)10-7-5-4-6-8-10/h4-8,16H,3H2,1-2H3. The Hall–Kier alpha value is -2.28. The van der Waals surface area contributed by atoms with E-state index in [4.69, 9.17) is 4.74 Å². The molecule has 20 heavy (non-hydrogen) atoms. The van der Waals surface area contributed by atoms with Crippen LogP contribution in [0.25, 0.3) is 0 Å². The lowest BCUT2D eigenvalue weighted by molar-refractivity contribution is 0.0520. The highest BCUT2D eigenvalue weighted by Gasteiger charge is 2.17. The van der Waals surface area contributed by atoms with Gasteiger partial charge in [0.15, 0.2) is 5.00 Å². The van der Waals surface area contributed by atoms with E-state index in [-0.39, 0.29) is 5.69 Å². The maximum Gasteiger partial charge on any atom is 0.362 e. The molecule has 0 aliphatic heterocycles. The zero-order valence-electron chi connectivity index (χ0n) is 11.2. The molecular formula is C13H14N4O2S. The maximum absolute atomic E-state index is 11.6. The first-order chi connectivity index (χ1) is 9.72. The monoisotopic (exact) mass is 290 g/mol. The number of hydrogen-bond donors (Lipinski definition) is 1. The largest absolute Gasteiger partial charge is 0.461 e. The number of hydrogen-bond acceptors (Lipinski definition) is 7. The van der Waals surface area contributed by atoms with Crippen LogP contribution in [0.5, 0.6) is 0 Å². The molecule has 0 atom stereocenters. The van der Waals surface area contributed by atoms with Crippen molar-refractivity contribution in [2.24, 2.45) is 5.10 Å². The average Bonchev–Trinajstić information content (AvgIpc) is 2.94. The Morgan fingerprint density at radius 2 is 2.15 bits per heavy atom. The van der Waals surface area contributed by atoms with Gasteiger partial charge in [-0.1, -0.05) is 34.8 Å². The molecule has 0 aliphatic rings. The fraction of sp³-hybridized carbons (Fsp3) is 0.231. The number of aromatic nitrogens is 2. The zero-order valence-corrected chi connectivity index (χ0v) is 12.0. The number of ether oxygens (including phenoxy) is 1. The third-order valence-corrected chi connectivity index (χ3v) is 3.10. The Balaban J connectivity index is 2.12. The number of benzene rings is 1. The molecule has 0 unspecified atom stereocenters. The summed E-state index contributed by atoms with van der Waals surface area (Å²) in [4.78, 5) is 11.6. The van der Waals surface area contributed by atoms with Gasteiger partial charge < -0.3 is 4.74 Å². The van der Waals surface area contributed by atoms with Crippen molar-refractivity contribution in [2.45, 2.75) is 13.8 Å². The molecule has 6 nitrogen and oxygen atoms in total. The number of esters is 1. The van der Waals surface area contributed by atoms with E-state index in [1.165, 1.54) is 0 Å². The predicted octanol–water partition coefficient (Wildman–Crippen LogP) is 2.55. The van der Waals surface area contributed by atoms with Gasteiger partial charge in [-0.15, -0.1) is 5.10 Å². The second-order valence-corrected chi connectivity index (χ2v) is 4.60. The first-order valence-electron chi connectivity index (χ1n) is 6.07. The molecule has 0 saturated heterocycles. The normalized spacial score (nSPS) is 11.2. The van der Waals surface area contributed by atoms with Crippen LogP contribution in [0.2, 0.25) is 0 Å². The zero-order chi connectivity index (χ0) is 14.4. The van der Waals surface area contributed by atoms with Crippen LogP contribution in [0.3, 0.4) is 0 Å². The van der Waals surface area contributed by atoms with Crippen LogP contribution in [0.15, 0.2) is 35.4 Å². The van der Waals surface area contributed by atoms with Gasteiger partial charge in [-0.25, -0.2) is 4.79 Å². The molecule has 1 aromatic heterocycles. The molecule has 0 radical (unpaired) electrons. The van der Waals surface area contributed by atoms with E-state index in [2.05, 4.69) is 20.1 Å². The highest BCUT2D eigenvalue weighted by Crippen LogP contribution is 2.18. The third kappa shape index (κ3) is 3.39. The van der Waals surface area contributed by atoms with Crippen molar-refractivity contribution in [2.75, 3.05) is 12.0 Å². The van der Waals surface area contributed by atoms with Crippen molar-refractivity contribution in [3.8, 4) is 0 Å². The molecule has 0 fully saturated rings.